The summed E-state index contributed by atoms with van der Waals surface area (Å²) in [5.74, 6) is -0.0601. The molecule has 6 rings (SSSR count). The second kappa shape index (κ2) is 10.3. The highest BCUT2D eigenvalue weighted by atomic mass is 35.5. The smallest absolute Gasteiger partial charge is 0.323 e. The summed E-state index contributed by atoms with van der Waals surface area (Å²) in [6.45, 7) is 0. The van der Waals surface area contributed by atoms with Gasteiger partial charge in [-0.1, -0.05) is 41.9 Å². The minimum absolute atomic E-state index is 0.0601. The van der Waals surface area contributed by atoms with Crippen molar-refractivity contribution >= 4 is 38.6 Å². The highest BCUT2D eigenvalue weighted by Gasteiger charge is 2.38. The number of alkyl halides is 3. The van der Waals surface area contributed by atoms with Gasteiger partial charge in [-0.05, 0) is 54.1 Å². The number of nitrogens with one attached hydrogen (secondary N) is 3. The van der Waals surface area contributed by atoms with Crippen LogP contribution in [0.15, 0.2) is 99.5 Å². The maximum atomic E-state index is 13.8. The lowest BCUT2D eigenvalue weighted by Crippen LogP contribution is -2.38. The van der Waals surface area contributed by atoms with Crippen LogP contribution in [0.5, 0.6) is 0 Å². The normalized spacial score (nSPS) is 12.1. The molecular weight excluding hydrogens is 611 g/mol. The number of hydrogen-bond donors (Lipinski definition) is 3. The fraction of sp³-hybridized carbons (Fsp3) is 0.0370. The molecule has 0 amide bonds. The molecule has 3 N–H and O–H groups in total. The van der Waals surface area contributed by atoms with Gasteiger partial charge in [0.1, 0.15) is 5.39 Å². The Morgan fingerprint density at radius 3 is 2.14 bits per heavy atom. The molecule has 3 heterocycles. The lowest BCUT2D eigenvalue weighted by molar-refractivity contribution is -0.140. The van der Waals surface area contributed by atoms with Gasteiger partial charge in [-0.25, -0.2) is 32.1 Å². The molecule has 0 aliphatic rings. The zero-order valence-corrected chi connectivity index (χ0v) is 23.0. The lowest BCUT2D eigenvalue weighted by atomic mass is 10.2. The minimum atomic E-state index is -5.00. The van der Waals surface area contributed by atoms with Gasteiger partial charge in [0.25, 0.3) is 15.6 Å². The summed E-state index contributed by atoms with van der Waals surface area (Å²) in [4.78, 5) is 33.6. The number of benzene rings is 3. The summed E-state index contributed by atoms with van der Waals surface area (Å²) >= 11 is 5.93. The number of hydrogen-bond acceptors (Lipinski definition) is 6. The van der Waals surface area contributed by atoms with Gasteiger partial charge < -0.3 is 4.98 Å². The molecule has 0 fully saturated rings. The molecule has 0 atom stereocenters. The summed E-state index contributed by atoms with van der Waals surface area (Å²) in [5.41, 5.74) is -3.08. The molecule has 43 heavy (non-hydrogen) atoms. The number of fused-ring (bicyclic) bond motifs is 1. The van der Waals surface area contributed by atoms with Crippen LogP contribution in [0.1, 0.15) is 5.69 Å². The zero-order valence-electron chi connectivity index (χ0n) is 21.4. The molecular formula is C27H17ClF3N7O4S. The van der Waals surface area contributed by atoms with Crippen LogP contribution in [-0.4, -0.2) is 37.7 Å². The number of imidazole rings is 1. The van der Waals surface area contributed by atoms with Gasteiger partial charge in [0.15, 0.2) is 11.3 Å². The van der Waals surface area contributed by atoms with E-state index >= 15 is 0 Å². The average molecular weight is 628 g/mol. The van der Waals surface area contributed by atoms with E-state index in [0.717, 1.165) is 34.4 Å². The predicted octanol–water partition coefficient (Wildman–Crippen LogP) is 4.73. The first kappa shape index (κ1) is 28.0. The summed E-state index contributed by atoms with van der Waals surface area (Å²) in [7, 11) is -4.20. The fourth-order valence-electron chi connectivity index (χ4n) is 4.44. The Hall–Kier alpha value is -5.15. The van der Waals surface area contributed by atoms with Crippen LogP contribution >= 0.6 is 11.6 Å². The maximum absolute atomic E-state index is 13.8. The van der Waals surface area contributed by atoms with E-state index in [1.54, 1.807) is 0 Å². The standard InChI is InChI=1S/C27H17ClF3N7O4S/c28-16-6-8-17(9-7-16)37-23-21(22(34-35-23)27(29,30)31)24(39)38(26(37)40)18-10-12-19(13-11-18)43(41,42)36-25-32-14-20(33-25)15-4-2-1-3-5-15/h1-14H,(H,34,35)(H2,32,33,36). The fourth-order valence-corrected chi connectivity index (χ4v) is 5.54. The van der Waals surface area contributed by atoms with Crippen LogP contribution in [0.3, 0.4) is 0 Å². The third-order valence-corrected chi connectivity index (χ3v) is 8.03. The van der Waals surface area contributed by atoms with E-state index < -0.39 is 44.2 Å². The summed E-state index contributed by atoms with van der Waals surface area (Å²) < 4.78 is 71.1. The molecule has 16 heteroatoms. The van der Waals surface area contributed by atoms with E-state index in [4.69, 9.17) is 11.6 Å². The largest absolute Gasteiger partial charge is 0.433 e. The number of rotatable bonds is 6. The summed E-state index contributed by atoms with van der Waals surface area (Å²) in [6.07, 6.45) is -3.54. The van der Waals surface area contributed by atoms with Crippen LogP contribution in [0.2, 0.25) is 5.02 Å². The topological polar surface area (TPSA) is 148 Å². The van der Waals surface area contributed by atoms with Crippen molar-refractivity contribution in [2.24, 2.45) is 0 Å². The van der Waals surface area contributed by atoms with Crippen molar-refractivity contribution in [1.29, 1.82) is 0 Å². The Kier molecular flexibility index (Phi) is 6.70. The number of sulfonamides is 1. The average Bonchev–Trinajstić information content (AvgIpc) is 3.63. The van der Waals surface area contributed by atoms with Crippen LogP contribution < -0.4 is 16.0 Å². The van der Waals surface area contributed by atoms with Crippen LogP contribution in [0.4, 0.5) is 19.1 Å². The van der Waals surface area contributed by atoms with Crippen molar-refractivity contribution in [2.75, 3.05) is 4.72 Å². The molecule has 218 valence electrons. The molecule has 3 aromatic carbocycles. The third-order valence-electron chi connectivity index (χ3n) is 6.42. The Labute approximate surface area is 244 Å². The van der Waals surface area contributed by atoms with Crippen molar-refractivity contribution in [3.63, 3.8) is 0 Å². The monoisotopic (exact) mass is 627 g/mol. The van der Waals surface area contributed by atoms with Gasteiger partial charge in [-0.15, -0.1) is 0 Å². The first-order valence-corrected chi connectivity index (χ1v) is 14.1. The Morgan fingerprint density at radius 2 is 1.49 bits per heavy atom. The molecule has 0 spiro atoms. The number of nitrogens with zero attached hydrogens (tertiary/aromatic N) is 4. The predicted molar refractivity (Wildman–Crippen MR) is 152 cm³/mol. The van der Waals surface area contributed by atoms with Gasteiger partial charge in [-0.3, -0.25) is 9.89 Å². The van der Waals surface area contributed by atoms with E-state index in [1.165, 1.54) is 30.5 Å². The minimum Gasteiger partial charge on any atom is -0.323 e. The van der Waals surface area contributed by atoms with E-state index in [9.17, 15) is 31.2 Å². The van der Waals surface area contributed by atoms with E-state index in [1.807, 2.05) is 35.4 Å². The van der Waals surface area contributed by atoms with Gasteiger partial charge in [0, 0.05) is 5.02 Å². The Bertz CT molecular complexity index is 2210. The van der Waals surface area contributed by atoms with Crippen LogP contribution in [-0.2, 0) is 16.2 Å². The summed E-state index contributed by atoms with van der Waals surface area (Å²) in [6, 6.07) is 19.1. The molecule has 0 saturated heterocycles. The van der Waals surface area contributed by atoms with Crippen molar-refractivity contribution in [3.05, 3.63) is 117 Å². The van der Waals surface area contributed by atoms with Crippen molar-refractivity contribution in [1.82, 2.24) is 29.3 Å². The second-order valence-electron chi connectivity index (χ2n) is 9.14. The van der Waals surface area contributed by atoms with Crippen molar-refractivity contribution in [3.8, 4) is 22.6 Å². The van der Waals surface area contributed by atoms with Gasteiger partial charge in [0.05, 0.1) is 28.2 Å². The van der Waals surface area contributed by atoms with Crippen LogP contribution in [0, 0.1) is 0 Å². The SMILES string of the molecule is O=c1c2c(C(F)(F)F)[nH]nc2n(-c2ccc(Cl)cc2)c(=O)n1-c1ccc(S(=O)(=O)Nc2ncc(-c3ccccc3)[nH]2)cc1. The van der Waals surface area contributed by atoms with E-state index in [0.29, 0.717) is 15.3 Å². The molecule has 6 aromatic rings. The number of H-pyrrole nitrogens is 2. The highest BCUT2D eigenvalue weighted by Crippen LogP contribution is 2.32. The first-order chi connectivity index (χ1) is 20.4. The number of aromatic nitrogens is 6. The van der Waals surface area contributed by atoms with E-state index in [-0.39, 0.29) is 22.2 Å². The van der Waals surface area contributed by atoms with E-state index in [2.05, 4.69) is 19.8 Å². The number of halogens is 4. The first-order valence-electron chi connectivity index (χ1n) is 12.3. The molecule has 3 aromatic heterocycles. The molecule has 0 radical (unpaired) electrons. The quantitative estimate of drug-likeness (QED) is 0.243. The van der Waals surface area contributed by atoms with Crippen molar-refractivity contribution < 1.29 is 21.6 Å². The Balaban J connectivity index is 1.42. The molecule has 11 nitrogen and oxygen atoms in total. The van der Waals surface area contributed by atoms with Gasteiger partial charge in [-0.2, -0.15) is 18.3 Å². The molecule has 0 saturated carbocycles. The zero-order chi connectivity index (χ0) is 30.5. The van der Waals surface area contributed by atoms with Crippen LogP contribution in [0.25, 0.3) is 33.7 Å². The highest BCUT2D eigenvalue weighted by molar-refractivity contribution is 7.92. The van der Waals surface area contributed by atoms with Gasteiger partial charge >= 0.3 is 11.9 Å². The second-order valence-corrected chi connectivity index (χ2v) is 11.3. The third kappa shape index (κ3) is 5.08. The maximum Gasteiger partial charge on any atom is 0.433 e. The number of anilines is 1. The molecule has 0 aliphatic heterocycles. The Morgan fingerprint density at radius 1 is 0.860 bits per heavy atom. The molecule has 0 unspecified atom stereocenters. The summed E-state index contributed by atoms with van der Waals surface area (Å²) in [5, 5.41) is 4.86. The molecule has 0 bridgehead atoms. The van der Waals surface area contributed by atoms with Gasteiger partial charge in [0.2, 0.25) is 5.95 Å². The lowest BCUT2D eigenvalue weighted by Gasteiger charge is -2.13. The number of aromatic amines is 2. The van der Waals surface area contributed by atoms with Crippen molar-refractivity contribution in [2.45, 2.75) is 11.1 Å². The molecule has 0 aliphatic carbocycles.